The molecule has 16 heavy (non-hydrogen) atoms. The number of hydrogen-bond acceptors (Lipinski definition) is 2. The van der Waals surface area contributed by atoms with Crippen molar-refractivity contribution >= 4 is 12.4 Å². The lowest BCUT2D eigenvalue weighted by molar-refractivity contribution is 0.386. The van der Waals surface area contributed by atoms with Crippen LogP contribution in [0.4, 0.5) is 0 Å². The number of benzene rings is 1. The summed E-state index contributed by atoms with van der Waals surface area (Å²) in [5, 5.41) is 7.00. The summed E-state index contributed by atoms with van der Waals surface area (Å²) in [5.41, 5.74) is 2.72. The zero-order valence-corrected chi connectivity index (χ0v) is 10.6. The third-order valence-electron chi connectivity index (χ3n) is 3.05. The molecule has 1 heterocycles. The molecule has 2 nitrogen and oxygen atoms in total. The molecule has 0 unspecified atom stereocenters. The molecule has 0 bridgehead atoms. The zero-order chi connectivity index (χ0) is 10.5. The van der Waals surface area contributed by atoms with Crippen LogP contribution in [0.5, 0.6) is 0 Å². The van der Waals surface area contributed by atoms with E-state index >= 15 is 0 Å². The largest absolute Gasteiger partial charge is 0.317 e. The highest BCUT2D eigenvalue weighted by atomic mass is 35.5. The summed E-state index contributed by atoms with van der Waals surface area (Å²) in [5.74, 6) is 0. The van der Waals surface area contributed by atoms with Crippen molar-refractivity contribution in [2.75, 3.05) is 13.1 Å². The molecule has 3 heteroatoms. The van der Waals surface area contributed by atoms with Gasteiger partial charge in [-0.25, -0.2) is 0 Å². The van der Waals surface area contributed by atoms with Crippen molar-refractivity contribution in [1.82, 2.24) is 10.6 Å². The summed E-state index contributed by atoms with van der Waals surface area (Å²) in [7, 11) is 0. The zero-order valence-electron chi connectivity index (χ0n) is 9.83. The second kappa shape index (κ2) is 6.89. The summed E-state index contributed by atoms with van der Waals surface area (Å²) >= 11 is 0. The van der Waals surface area contributed by atoms with E-state index < -0.39 is 0 Å². The van der Waals surface area contributed by atoms with Crippen LogP contribution in [0.2, 0.25) is 0 Å². The third-order valence-corrected chi connectivity index (χ3v) is 3.05. The Hall–Kier alpha value is -0.570. The molecule has 1 aliphatic heterocycles. The summed E-state index contributed by atoms with van der Waals surface area (Å²) < 4.78 is 0. The maximum atomic E-state index is 3.62. The molecule has 0 atom stereocenters. The molecule has 1 saturated heterocycles. The normalized spacial score (nSPS) is 16.8. The quantitative estimate of drug-likeness (QED) is 0.847. The highest BCUT2D eigenvalue weighted by Gasteiger charge is 2.11. The van der Waals surface area contributed by atoms with Crippen LogP contribution in [0.25, 0.3) is 0 Å². The minimum atomic E-state index is 0. The van der Waals surface area contributed by atoms with Gasteiger partial charge in [0.05, 0.1) is 0 Å². The number of rotatable bonds is 3. The fourth-order valence-electron chi connectivity index (χ4n) is 1.99. The van der Waals surface area contributed by atoms with Gasteiger partial charge in [0.1, 0.15) is 0 Å². The van der Waals surface area contributed by atoms with Gasteiger partial charge >= 0.3 is 0 Å². The Kier molecular flexibility index (Phi) is 5.81. The Balaban J connectivity index is 0.00000128. The van der Waals surface area contributed by atoms with Gasteiger partial charge in [0.25, 0.3) is 0 Å². The van der Waals surface area contributed by atoms with E-state index in [0.29, 0.717) is 6.04 Å². The van der Waals surface area contributed by atoms with Crippen LogP contribution >= 0.6 is 12.4 Å². The van der Waals surface area contributed by atoms with Crippen molar-refractivity contribution in [3.8, 4) is 0 Å². The summed E-state index contributed by atoms with van der Waals surface area (Å²) in [6.07, 6.45) is 2.51. The van der Waals surface area contributed by atoms with Crippen LogP contribution < -0.4 is 10.6 Å². The average molecular weight is 241 g/mol. The predicted octanol–water partition coefficient (Wildman–Crippen LogP) is 2.26. The minimum absolute atomic E-state index is 0. The van der Waals surface area contributed by atoms with E-state index in [2.05, 4.69) is 41.8 Å². The van der Waals surface area contributed by atoms with E-state index in [0.717, 1.165) is 19.6 Å². The van der Waals surface area contributed by atoms with Crippen molar-refractivity contribution in [2.45, 2.75) is 32.4 Å². The summed E-state index contributed by atoms with van der Waals surface area (Å²) in [4.78, 5) is 0. The standard InChI is InChI=1S/C13H20N2.ClH/c1-11-2-4-12(5-3-11)10-15-13-6-8-14-9-7-13;/h2-5,13-15H,6-10H2,1H3;1H. The average Bonchev–Trinajstić information content (AvgIpc) is 2.30. The van der Waals surface area contributed by atoms with E-state index in [1.807, 2.05) is 0 Å². The van der Waals surface area contributed by atoms with Gasteiger partial charge in [-0.15, -0.1) is 12.4 Å². The monoisotopic (exact) mass is 240 g/mol. The molecule has 90 valence electrons. The van der Waals surface area contributed by atoms with E-state index in [9.17, 15) is 0 Å². The SMILES string of the molecule is Cc1ccc(CNC2CCNCC2)cc1.Cl. The molecule has 2 rings (SSSR count). The molecule has 1 aromatic rings. The second-order valence-corrected chi connectivity index (χ2v) is 4.39. The Labute approximate surface area is 104 Å². The minimum Gasteiger partial charge on any atom is -0.317 e. The first-order valence-corrected chi connectivity index (χ1v) is 5.84. The van der Waals surface area contributed by atoms with Crippen molar-refractivity contribution in [3.63, 3.8) is 0 Å². The van der Waals surface area contributed by atoms with Gasteiger partial charge in [-0.1, -0.05) is 29.8 Å². The van der Waals surface area contributed by atoms with Crippen LogP contribution in [0, 0.1) is 6.92 Å². The Morgan fingerprint density at radius 1 is 1.19 bits per heavy atom. The van der Waals surface area contributed by atoms with Crippen molar-refractivity contribution in [3.05, 3.63) is 35.4 Å². The lowest BCUT2D eigenvalue weighted by Crippen LogP contribution is -2.39. The highest BCUT2D eigenvalue weighted by Crippen LogP contribution is 2.06. The number of halogens is 1. The van der Waals surface area contributed by atoms with Gasteiger partial charge in [0.2, 0.25) is 0 Å². The topological polar surface area (TPSA) is 24.1 Å². The Bertz CT molecular complexity index is 291. The first-order valence-electron chi connectivity index (χ1n) is 5.84. The van der Waals surface area contributed by atoms with Crippen LogP contribution in [0.1, 0.15) is 24.0 Å². The van der Waals surface area contributed by atoms with Crippen molar-refractivity contribution in [1.29, 1.82) is 0 Å². The summed E-state index contributed by atoms with van der Waals surface area (Å²) in [6.45, 7) is 5.45. The summed E-state index contributed by atoms with van der Waals surface area (Å²) in [6, 6.07) is 9.48. The second-order valence-electron chi connectivity index (χ2n) is 4.39. The molecule has 2 N–H and O–H groups in total. The number of nitrogens with one attached hydrogen (secondary N) is 2. The van der Waals surface area contributed by atoms with Crippen LogP contribution in [-0.4, -0.2) is 19.1 Å². The number of hydrogen-bond donors (Lipinski definition) is 2. The van der Waals surface area contributed by atoms with Gasteiger partial charge in [-0.3, -0.25) is 0 Å². The predicted molar refractivity (Wildman–Crippen MR) is 71.2 cm³/mol. The Morgan fingerprint density at radius 3 is 2.44 bits per heavy atom. The van der Waals surface area contributed by atoms with Crippen LogP contribution in [-0.2, 0) is 6.54 Å². The number of aryl methyl sites for hydroxylation is 1. The van der Waals surface area contributed by atoms with E-state index in [4.69, 9.17) is 0 Å². The van der Waals surface area contributed by atoms with Crippen LogP contribution in [0.3, 0.4) is 0 Å². The lowest BCUT2D eigenvalue weighted by atomic mass is 10.1. The van der Waals surface area contributed by atoms with Gasteiger partial charge in [-0.2, -0.15) is 0 Å². The van der Waals surface area contributed by atoms with E-state index in [1.54, 1.807) is 0 Å². The van der Waals surface area contributed by atoms with Gasteiger partial charge < -0.3 is 10.6 Å². The molecule has 1 aliphatic rings. The van der Waals surface area contributed by atoms with Crippen molar-refractivity contribution < 1.29 is 0 Å². The van der Waals surface area contributed by atoms with Gasteiger partial charge in [0.15, 0.2) is 0 Å². The molecule has 0 aromatic heterocycles. The van der Waals surface area contributed by atoms with Crippen molar-refractivity contribution in [2.24, 2.45) is 0 Å². The number of piperidine rings is 1. The lowest BCUT2D eigenvalue weighted by Gasteiger charge is -2.23. The molecule has 0 saturated carbocycles. The van der Waals surface area contributed by atoms with Gasteiger partial charge in [0, 0.05) is 12.6 Å². The Morgan fingerprint density at radius 2 is 1.81 bits per heavy atom. The smallest absolute Gasteiger partial charge is 0.0208 e. The maximum Gasteiger partial charge on any atom is 0.0208 e. The molecule has 1 aromatic carbocycles. The molecule has 0 radical (unpaired) electrons. The van der Waals surface area contributed by atoms with E-state index in [-0.39, 0.29) is 12.4 Å². The third kappa shape index (κ3) is 4.12. The molecule has 0 amide bonds. The van der Waals surface area contributed by atoms with Crippen LogP contribution in [0.15, 0.2) is 24.3 Å². The molecule has 1 fully saturated rings. The molecule has 0 spiro atoms. The molecular formula is C13H21ClN2. The maximum absolute atomic E-state index is 3.62. The first kappa shape index (κ1) is 13.5. The first-order chi connectivity index (χ1) is 7.34. The van der Waals surface area contributed by atoms with Gasteiger partial charge in [-0.05, 0) is 38.4 Å². The fraction of sp³-hybridized carbons (Fsp3) is 0.538. The van der Waals surface area contributed by atoms with E-state index in [1.165, 1.54) is 24.0 Å². The molecular weight excluding hydrogens is 220 g/mol. The molecule has 0 aliphatic carbocycles. The fourth-order valence-corrected chi connectivity index (χ4v) is 1.99. The highest BCUT2D eigenvalue weighted by molar-refractivity contribution is 5.85.